The third kappa shape index (κ3) is 4.72. The van der Waals surface area contributed by atoms with Gasteiger partial charge >= 0.3 is 0 Å². The van der Waals surface area contributed by atoms with Gasteiger partial charge in [0.2, 0.25) is 5.91 Å². The Kier molecular flexibility index (Phi) is 6.24. The van der Waals surface area contributed by atoms with Crippen LogP contribution < -0.4 is 4.74 Å². The molecule has 6 heteroatoms. The fourth-order valence-corrected chi connectivity index (χ4v) is 4.47. The molecule has 4 rings (SSSR count). The van der Waals surface area contributed by atoms with Gasteiger partial charge in [-0.05, 0) is 50.7 Å². The van der Waals surface area contributed by atoms with E-state index < -0.39 is 0 Å². The lowest BCUT2D eigenvalue weighted by atomic mass is 9.96. The van der Waals surface area contributed by atoms with Crippen molar-refractivity contribution < 1.29 is 9.53 Å². The summed E-state index contributed by atoms with van der Waals surface area (Å²) >= 11 is 0. The van der Waals surface area contributed by atoms with E-state index in [9.17, 15) is 4.79 Å². The van der Waals surface area contributed by atoms with Crippen LogP contribution in [0.4, 0.5) is 0 Å². The molecular formula is C22H30N4O2. The Labute approximate surface area is 166 Å². The molecule has 2 aliphatic rings. The maximum atomic E-state index is 12.9. The van der Waals surface area contributed by atoms with Crippen molar-refractivity contribution in [1.82, 2.24) is 19.9 Å². The first kappa shape index (κ1) is 19.0. The number of aromatic nitrogens is 3. The van der Waals surface area contributed by atoms with Crippen LogP contribution in [0.1, 0.15) is 57.1 Å². The van der Waals surface area contributed by atoms with Crippen molar-refractivity contribution in [1.29, 1.82) is 0 Å². The normalized spacial score (nSPS) is 20.4. The Bertz CT molecular complexity index is 755. The lowest BCUT2D eigenvalue weighted by molar-refractivity contribution is -0.139. The van der Waals surface area contributed by atoms with Crippen LogP contribution in [0.2, 0.25) is 0 Å². The van der Waals surface area contributed by atoms with E-state index in [1.807, 2.05) is 41.2 Å². The maximum absolute atomic E-state index is 12.9. The zero-order valence-electron chi connectivity index (χ0n) is 16.5. The molecule has 2 heterocycles. The molecule has 0 spiro atoms. The SMILES string of the molecule is O=C(C1CCCC1)N1CCCCC1CCn1cc(COc2ccccc2)nn1. The summed E-state index contributed by atoms with van der Waals surface area (Å²) in [7, 11) is 0. The number of piperidine rings is 1. The van der Waals surface area contributed by atoms with Crippen molar-refractivity contribution in [2.24, 2.45) is 5.92 Å². The highest BCUT2D eigenvalue weighted by Crippen LogP contribution is 2.30. The molecule has 0 bridgehead atoms. The molecule has 2 fully saturated rings. The summed E-state index contributed by atoms with van der Waals surface area (Å²) in [6.45, 7) is 2.13. The Hall–Kier alpha value is -2.37. The highest BCUT2D eigenvalue weighted by atomic mass is 16.5. The number of aryl methyl sites for hydroxylation is 1. The quantitative estimate of drug-likeness (QED) is 0.730. The second kappa shape index (κ2) is 9.22. The minimum atomic E-state index is 0.272. The molecule has 0 N–H and O–H groups in total. The van der Waals surface area contributed by atoms with Crippen molar-refractivity contribution in [3.05, 3.63) is 42.2 Å². The topological polar surface area (TPSA) is 60.2 Å². The summed E-state index contributed by atoms with van der Waals surface area (Å²) in [6, 6.07) is 10.1. The van der Waals surface area contributed by atoms with E-state index in [-0.39, 0.29) is 5.92 Å². The Morgan fingerprint density at radius 2 is 1.86 bits per heavy atom. The summed E-state index contributed by atoms with van der Waals surface area (Å²) in [6.07, 6.45) is 10.9. The molecule has 1 aromatic carbocycles. The number of amides is 1. The monoisotopic (exact) mass is 382 g/mol. The average molecular weight is 383 g/mol. The first-order valence-electron chi connectivity index (χ1n) is 10.7. The van der Waals surface area contributed by atoms with Gasteiger partial charge in [0.1, 0.15) is 18.1 Å². The summed E-state index contributed by atoms with van der Waals surface area (Å²) in [5.74, 6) is 1.51. The Morgan fingerprint density at radius 3 is 2.68 bits per heavy atom. The van der Waals surface area contributed by atoms with Gasteiger partial charge in [-0.3, -0.25) is 9.48 Å². The van der Waals surface area contributed by atoms with E-state index in [1.54, 1.807) is 0 Å². The number of hydrogen-bond donors (Lipinski definition) is 0. The second-order valence-electron chi connectivity index (χ2n) is 8.03. The summed E-state index contributed by atoms with van der Waals surface area (Å²) in [4.78, 5) is 15.1. The van der Waals surface area contributed by atoms with Crippen molar-refractivity contribution >= 4 is 5.91 Å². The lowest BCUT2D eigenvalue weighted by Crippen LogP contribution is -2.46. The molecule has 1 unspecified atom stereocenters. The number of benzene rings is 1. The van der Waals surface area contributed by atoms with E-state index in [0.717, 1.165) is 56.6 Å². The van der Waals surface area contributed by atoms with E-state index in [1.165, 1.54) is 19.3 Å². The molecule has 1 amide bonds. The predicted molar refractivity (Wildman–Crippen MR) is 107 cm³/mol. The van der Waals surface area contributed by atoms with Crippen LogP contribution in [-0.2, 0) is 17.9 Å². The average Bonchev–Trinajstić information content (AvgIpc) is 3.43. The van der Waals surface area contributed by atoms with Gasteiger partial charge in [0.25, 0.3) is 0 Å². The highest BCUT2D eigenvalue weighted by molar-refractivity contribution is 5.79. The molecule has 0 radical (unpaired) electrons. The number of rotatable bonds is 7. The summed E-state index contributed by atoms with van der Waals surface area (Å²) < 4.78 is 7.62. The second-order valence-corrected chi connectivity index (χ2v) is 8.03. The van der Waals surface area contributed by atoms with Gasteiger partial charge in [0.15, 0.2) is 0 Å². The van der Waals surface area contributed by atoms with E-state index in [0.29, 0.717) is 18.6 Å². The minimum absolute atomic E-state index is 0.272. The van der Waals surface area contributed by atoms with Crippen molar-refractivity contribution in [2.45, 2.75) is 70.6 Å². The smallest absolute Gasteiger partial charge is 0.225 e. The van der Waals surface area contributed by atoms with E-state index in [4.69, 9.17) is 4.74 Å². The Morgan fingerprint density at radius 1 is 1.07 bits per heavy atom. The van der Waals surface area contributed by atoms with Gasteiger partial charge in [-0.15, -0.1) is 5.10 Å². The van der Waals surface area contributed by atoms with Crippen molar-refractivity contribution in [3.8, 4) is 5.75 Å². The fraction of sp³-hybridized carbons (Fsp3) is 0.591. The first-order valence-corrected chi connectivity index (χ1v) is 10.7. The zero-order chi connectivity index (χ0) is 19.2. The van der Waals surface area contributed by atoms with Gasteiger partial charge in [-0.2, -0.15) is 0 Å². The van der Waals surface area contributed by atoms with Crippen LogP contribution in [0.15, 0.2) is 36.5 Å². The highest BCUT2D eigenvalue weighted by Gasteiger charge is 2.32. The van der Waals surface area contributed by atoms with Gasteiger partial charge in [-0.1, -0.05) is 36.3 Å². The van der Waals surface area contributed by atoms with Crippen LogP contribution in [0.3, 0.4) is 0 Å². The number of ether oxygens (including phenoxy) is 1. The van der Waals surface area contributed by atoms with Gasteiger partial charge in [0.05, 0.1) is 6.20 Å². The number of carbonyl (C=O) groups is 1. The zero-order valence-corrected chi connectivity index (χ0v) is 16.5. The van der Waals surface area contributed by atoms with E-state index in [2.05, 4.69) is 15.2 Å². The lowest BCUT2D eigenvalue weighted by Gasteiger charge is -2.37. The van der Waals surface area contributed by atoms with Crippen LogP contribution in [-0.4, -0.2) is 38.4 Å². The number of likely N-dealkylation sites (tertiary alicyclic amines) is 1. The Balaban J connectivity index is 1.29. The molecule has 1 aliphatic heterocycles. The predicted octanol–water partition coefficient (Wildman–Crippen LogP) is 3.82. The van der Waals surface area contributed by atoms with Crippen LogP contribution in [0, 0.1) is 5.92 Å². The largest absolute Gasteiger partial charge is 0.487 e. The van der Waals surface area contributed by atoms with Crippen molar-refractivity contribution in [2.75, 3.05) is 6.54 Å². The van der Waals surface area contributed by atoms with Crippen LogP contribution >= 0.6 is 0 Å². The molecular weight excluding hydrogens is 352 g/mol. The van der Waals surface area contributed by atoms with Gasteiger partial charge in [-0.25, -0.2) is 0 Å². The van der Waals surface area contributed by atoms with Crippen LogP contribution in [0.5, 0.6) is 5.75 Å². The third-order valence-corrected chi connectivity index (χ3v) is 6.02. The molecule has 1 aromatic heterocycles. The maximum Gasteiger partial charge on any atom is 0.225 e. The first-order chi connectivity index (χ1) is 13.8. The van der Waals surface area contributed by atoms with Crippen LogP contribution in [0.25, 0.3) is 0 Å². The van der Waals surface area contributed by atoms with Gasteiger partial charge in [0, 0.05) is 25.0 Å². The summed E-state index contributed by atoms with van der Waals surface area (Å²) in [5.41, 5.74) is 0.825. The molecule has 1 saturated heterocycles. The molecule has 1 atom stereocenters. The standard InChI is InChI=1S/C22H30N4O2/c27-22(18-8-4-5-9-18)26-14-7-6-10-20(26)13-15-25-16-19(23-24-25)17-28-21-11-2-1-3-12-21/h1-3,11-12,16,18,20H,4-10,13-15,17H2. The van der Waals surface area contributed by atoms with Crippen molar-refractivity contribution in [3.63, 3.8) is 0 Å². The summed E-state index contributed by atoms with van der Waals surface area (Å²) in [5, 5.41) is 8.46. The number of para-hydroxylation sites is 1. The molecule has 2 aromatic rings. The number of carbonyl (C=O) groups excluding carboxylic acids is 1. The molecule has 150 valence electrons. The fourth-order valence-electron chi connectivity index (χ4n) is 4.47. The molecule has 28 heavy (non-hydrogen) atoms. The van der Waals surface area contributed by atoms with E-state index >= 15 is 0 Å². The van der Waals surface area contributed by atoms with Gasteiger partial charge < -0.3 is 9.64 Å². The number of nitrogens with zero attached hydrogens (tertiary/aromatic N) is 4. The number of hydrogen-bond acceptors (Lipinski definition) is 4. The molecule has 1 aliphatic carbocycles. The molecule has 6 nitrogen and oxygen atoms in total. The minimum Gasteiger partial charge on any atom is -0.487 e. The molecule has 1 saturated carbocycles. The third-order valence-electron chi connectivity index (χ3n) is 6.02.